The molecule has 0 aliphatic carbocycles. The zero-order valence-corrected chi connectivity index (χ0v) is 19.4. The number of nitrogens with one attached hydrogen (secondary N) is 1. The molecular weight excluding hydrogens is 479 g/mol. The number of fused-ring (bicyclic) bond motifs is 3. The van der Waals surface area contributed by atoms with E-state index in [0.29, 0.717) is 27.7 Å². The number of hydrogen-bond donors (Lipinski definition) is 2. The number of aromatic nitrogens is 3. The highest BCUT2D eigenvalue weighted by atomic mass is 35.5. The minimum Gasteiger partial charge on any atom is -0.503 e. The summed E-state index contributed by atoms with van der Waals surface area (Å²) < 4.78 is 25.5. The number of benzene rings is 3. The van der Waals surface area contributed by atoms with Crippen LogP contribution in [0.1, 0.15) is 17.4 Å². The number of anilines is 1. The maximum Gasteiger partial charge on any atom is 0.247 e. The van der Waals surface area contributed by atoms with Gasteiger partial charge in [-0.1, -0.05) is 59.8 Å². The summed E-state index contributed by atoms with van der Waals surface area (Å²) in [6.07, 6.45) is -0.712. The lowest BCUT2D eigenvalue weighted by Crippen LogP contribution is -2.17. The van der Waals surface area contributed by atoms with Crippen molar-refractivity contribution in [3.8, 4) is 28.6 Å². The molecule has 4 aromatic rings. The first kappa shape index (κ1) is 22.2. The number of methoxy groups -OCH3 is 1. The summed E-state index contributed by atoms with van der Waals surface area (Å²) in [5.74, 6) is 0.378. The van der Waals surface area contributed by atoms with Crippen LogP contribution in [0.3, 0.4) is 0 Å². The van der Waals surface area contributed by atoms with Crippen LogP contribution < -0.4 is 14.8 Å². The number of thioether (sulfide) groups is 1. The number of halogens is 2. The van der Waals surface area contributed by atoms with Gasteiger partial charge in [-0.15, -0.1) is 10.2 Å². The van der Waals surface area contributed by atoms with Gasteiger partial charge in [-0.25, -0.2) is 4.39 Å². The van der Waals surface area contributed by atoms with E-state index in [0.717, 1.165) is 11.3 Å². The highest BCUT2D eigenvalue weighted by Crippen LogP contribution is 2.42. The van der Waals surface area contributed by atoms with Crippen LogP contribution in [0, 0.1) is 5.82 Å². The van der Waals surface area contributed by atoms with Gasteiger partial charge < -0.3 is 19.9 Å². The standard InChI is InChI=1S/C24H18ClFN4O3S/c1-32-19-11-14(10-16(25)21(19)31)22-27-18-9-5-3-7-15(18)20-23(33-22)28-24(30-29-20)34-12-13-6-2-4-8-17(13)26/h2-11,22,27,31H,12H2,1H3/t22-/m0/s1. The Balaban J connectivity index is 1.52. The third kappa shape index (κ3) is 4.32. The highest BCUT2D eigenvalue weighted by molar-refractivity contribution is 7.98. The van der Waals surface area contributed by atoms with Crippen molar-refractivity contribution in [3.05, 3.63) is 82.6 Å². The zero-order chi connectivity index (χ0) is 23.7. The van der Waals surface area contributed by atoms with Crippen molar-refractivity contribution >= 4 is 29.1 Å². The number of nitrogens with zero attached hydrogens (tertiary/aromatic N) is 3. The summed E-state index contributed by atoms with van der Waals surface area (Å²) in [6, 6.07) is 17.3. The van der Waals surface area contributed by atoms with Gasteiger partial charge in [0.05, 0.1) is 12.1 Å². The van der Waals surface area contributed by atoms with E-state index < -0.39 is 6.23 Å². The summed E-state index contributed by atoms with van der Waals surface area (Å²) in [5.41, 5.74) is 3.15. The summed E-state index contributed by atoms with van der Waals surface area (Å²) >= 11 is 7.47. The Hall–Kier alpha value is -3.56. The van der Waals surface area contributed by atoms with E-state index in [2.05, 4.69) is 20.5 Å². The summed E-state index contributed by atoms with van der Waals surface area (Å²) in [5, 5.41) is 22.5. The van der Waals surface area contributed by atoms with Crippen LogP contribution in [0.5, 0.6) is 17.4 Å². The van der Waals surface area contributed by atoms with Crippen molar-refractivity contribution < 1.29 is 19.0 Å². The van der Waals surface area contributed by atoms with Crippen LogP contribution in [0.25, 0.3) is 11.3 Å². The second-order valence-corrected chi connectivity index (χ2v) is 8.72. The topological polar surface area (TPSA) is 89.4 Å². The second-order valence-electron chi connectivity index (χ2n) is 7.37. The third-order valence-electron chi connectivity index (χ3n) is 5.22. The van der Waals surface area contributed by atoms with Crippen LogP contribution in [0.4, 0.5) is 10.1 Å². The summed E-state index contributed by atoms with van der Waals surface area (Å²) in [6.45, 7) is 0. The zero-order valence-electron chi connectivity index (χ0n) is 17.8. The number of hydrogen-bond acceptors (Lipinski definition) is 8. The van der Waals surface area contributed by atoms with Crippen molar-refractivity contribution in [2.24, 2.45) is 0 Å². The van der Waals surface area contributed by atoms with Gasteiger partial charge in [-0.2, -0.15) is 4.98 Å². The predicted octanol–water partition coefficient (Wildman–Crippen LogP) is 5.84. The normalized spacial score (nSPS) is 14.3. The van der Waals surface area contributed by atoms with E-state index in [1.807, 2.05) is 24.3 Å². The molecular formula is C24H18ClFN4O3S. The van der Waals surface area contributed by atoms with Gasteiger partial charge >= 0.3 is 0 Å². The molecule has 1 atom stereocenters. The maximum atomic E-state index is 14.0. The fraction of sp³-hybridized carbons (Fsp3) is 0.125. The van der Waals surface area contributed by atoms with Gasteiger partial charge in [-0.05, 0) is 29.8 Å². The first-order valence-electron chi connectivity index (χ1n) is 10.2. The van der Waals surface area contributed by atoms with Crippen molar-refractivity contribution in [1.82, 2.24) is 15.2 Å². The molecule has 34 heavy (non-hydrogen) atoms. The SMILES string of the molecule is COc1cc([C@H]2Nc3ccccc3-c3nnc(SCc4ccccc4F)nc3O2)cc(Cl)c1O. The third-order valence-corrected chi connectivity index (χ3v) is 6.40. The molecule has 3 aromatic carbocycles. The molecule has 2 heterocycles. The van der Waals surface area contributed by atoms with Gasteiger partial charge in [0, 0.05) is 22.6 Å². The van der Waals surface area contributed by atoms with Gasteiger partial charge in [0.15, 0.2) is 23.4 Å². The van der Waals surface area contributed by atoms with Gasteiger partial charge in [0.25, 0.3) is 0 Å². The number of para-hydroxylation sites is 1. The molecule has 10 heteroatoms. The smallest absolute Gasteiger partial charge is 0.247 e. The van der Waals surface area contributed by atoms with Crippen LogP contribution in [-0.2, 0) is 5.75 Å². The van der Waals surface area contributed by atoms with Gasteiger partial charge in [0.1, 0.15) is 5.82 Å². The number of aromatic hydroxyl groups is 1. The lowest BCUT2D eigenvalue weighted by atomic mass is 10.1. The van der Waals surface area contributed by atoms with E-state index in [9.17, 15) is 9.50 Å². The van der Waals surface area contributed by atoms with Gasteiger partial charge in [-0.3, -0.25) is 0 Å². The average molecular weight is 497 g/mol. The van der Waals surface area contributed by atoms with E-state index in [4.69, 9.17) is 21.1 Å². The molecule has 5 rings (SSSR count). The minimum absolute atomic E-state index is 0.124. The largest absolute Gasteiger partial charge is 0.503 e. The molecule has 1 aromatic heterocycles. The molecule has 0 saturated heterocycles. The first-order valence-corrected chi connectivity index (χ1v) is 11.6. The summed E-state index contributed by atoms with van der Waals surface area (Å²) in [4.78, 5) is 4.57. The Morgan fingerprint density at radius 2 is 1.94 bits per heavy atom. The predicted molar refractivity (Wildman–Crippen MR) is 128 cm³/mol. The second kappa shape index (κ2) is 9.36. The molecule has 1 aliphatic rings. The maximum absolute atomic E-state index is 14.0. The summed E-state index contributed by atoms with van der Waals surface area (Å²) in [7, 11) is 1.44. The van der Waals surface area contributed by atoms with E-state index in [1.165, 1.54) is 24.9 Å². The lowest BCUT2D eigenvalue weighted by molar-refractivity contribution is 0.224. The molecule has 0 bridgehead atoms. The number of phenols is 1. The van der Waals surface area contributed by atoms with E-state index >= 15 is 0 Å². The van der Waals surface area contributed by atoms with Crippen LogP contribution in [0.15, 0.2) is 65.8 Å². The molecule has 1 aliphatic heterocycles. The first-order chi connectivity index (χ1) is 16.5. The van der Waals surface area contributed by atoms with Crippen molar-refractivity contribution in [3.63, 3.8) is 0 Å². The highest BCUT2D eigenvalue weighted by Gasteiger charge is 2.27. The molecule has 2 N–H and O–H groups in total. The Bertz CT molecular complexity index is 1370. The molecule has 172 valence electrons. The molecule has 7 nitrogen and oxygen atoms in total. The fourth-order valence-corrected chi connectivity index (χ4v) is 4.50. The van der Waals surface area contributed by atoms with Crippen molar-refractivity contribution in [1.29, 1.82) is 0 Å². The number of phenolic OH excluding ortho intramolecular Hbond substituents is 1. The molecule has 0 amide bonds. The Kier molecular flexibility index (Phi) is 6.12. The minimum atomic E-state index is -0.712. The molecule has 0 radical (unpaired) electrons. The van der Waals surface area contributed by atoms with Crippen LogP contribution >= 0.6 is 23.4 Å². The van der Waals surface area contributed by atoms with Crippen LogP contribution in [-0.4, -0.2) is 27.4 Å². The Morgan fingerprint density at radius 3 is 2.76 bits per heavy atom. The monoisotopic (exact) mass is 496 g/mol. The Morgan fingerprint density at radius 1 is 1.15 bits per heavy atom. The van der Waals surface area contributed by atoms with Gasteiger partial charge in [0.2, 0.25) is 11.0 Å². The van der Waals surface area contributed by atoms with Crippen LogP contribution in [0.2, 0.25) is 5.02 Å². The number of ether oxygens (including phenoxy) is 2. The quantitative estimate of drug-likeness (QED) is 0.333. The molecule has 0 saturated carbocycles. The number of rotatable bonds is 5. The average Bonchev–Trinajstić information content (AvgIpc) is 3.01. The van der Waals surface area contributed by atoms with E-state index in [1.54, 1.807) is 30.3 Å². The van der Waals surface area contributed by atoms with Crippen molar-refractivity contribution in [2.45, 2.75) is 17.1 Å². The molecule has 0 fully saturated rings. The Labute approximate surface area is 203 Å². The lowest BCUT2D eigenvalue weighted by Gasteiger charge is -2.20. The van der Waals surface area contributed by atoms with E-state index in [-0.39, 0.29) is 28.2 Å². The molecule has 0 unspecified atom stereocenters. The molecule has 0 spiro atoms. The van der Waals surface area contributed by atoms with Crippen molar-refractivity contribution in [2.75, 3.05) is 12.4 Å². The fourth-order valence-electron chi connectivity index (χ4n) is 3.52.